The minimum absolute atomic E-state index is 0.0634. The summed E-state index contributed by atoms with van der Waals surface area (Å²) in [5.41, 5.74) is 0.871. The fourth-order valence-corrected chi connectivity index (χ4v) is 2.31. The van der Waals surface area contributed by atoms with Gasteiger partial charge in [0.1, 0.15) is 5.76 Å². The summed E-state index contributed by atoms with van der Waals surface area (Å²) < 4.78 is 27.3. The number of rotatable bonds is 6. The molecule has 0 unspecified atom stereocenters. The van der Waals surface area contributed by atoms with Gasteiger partial charge in [-0.15, -0.1) is 0 Å². The Morgan fingerprint density at radius 1 is 1.19 bits per heavy atom. The van der Waals surface area contributed by atoms with Crippen LogP contribution in [0.1, 0.15) is 17.7 Å². The van der Waals surface area contributed by atoms with Gasteiger partial charge in [0.25, 0.3) is 0 Å². The fraction of sp³-hybridized carbons (Fsp3) is 0.214. The molecule has 0 spiro atoms. The number of aryl methyl sites for hydroxylation is 1. The summed E-state index contributed by atoms with van der Waals surface area (Å²) in [5, 5.41) is 7.76. The van der Waals surface area contributed by atoms with Gasteiger partial charge in [0.15, 0.2) is 0 Å². The largest absolute Gasteiger partial charge is 0.467 e. The summed E-state index contributed by atoms with van der Waals surface area (Å²) in [5.74, 6) is 0.600. The van der Waals surface area contributed by atoms with Crippen LogP contribution in [0.25, 0.3) is 0 Å². The van der Waals surface area contributed by atoms with Crippen molar-refractivity contribution < 1.29 is 17.6 Å². The Morgan fingerprint density at radius 2 is 1.90 bits per heavy atom. The Balaban J connectivity index is 1.81. The third-order valence-corrected chi connectivity index (χ3v) is 3.86. The van der Waals surface area contributed by atoms with Crippen molar-refractivity contribution in [1.29, 1.82) is 0 Å². The van der Waals surface area contributed by atoms with Gasteiger partial charge >= 0.3 is 0 Å². The number of furan rings is 1. The van der Waals surface area contributed by atoms with Crippen LogP contribution in [-0.4, -0.2) is 14.3 Å². The molecule has 0 saturated heterocycles. The van der Waals surface area contributed by atoms with Crippen molar-refractivity contribution in [2.45, 2.75) is 24.3 Å². The molecule has 112 valence electrons. The Kier molecular flexibility index (Phi) is 4.77. The zero-order chi connectivity index (χ0) is 15.3. The second-order valence-corrected chi connectivity index (χ2v) is 6.11. The van der Waals surface area contributed by atoms with Crippen LogP contribution in [0.5, 0.6) is 0 Å². The number of sulfonamides is 1. The Morgan fingerprint density at radius 3 is 2.48 bits per heavy atom. The summed E-state index contributed by atoms with van der Waals surface area (Å²) >= 11 is 0. The van der Waals surface area contributed by atoms with Gasteiger partial charge in [-0.2, -0.15) is 0 Å². The molecule has 21 heavy (non-hydrogen) atoms. The number of primary sulfonamides is 1. The van der Waals surface area contributed by atoms with E-state index in [2.05, 4.69) is 5.32 Å². The molecule has 1 amide bonds. The number of nitrogens with one attached hydrogen (secondary N) is 1. The SMILES string of the molecule is NS(=O)(=O)c1ccc(CCC(=O)NCc2ccco2)cc1. The van der Waals surface area contributed by atoms with E-state index in [9.17, 15) is 13.2 Å². The molecule has 0 bridgehead atoms. The summed E-state index contributed by atoms with van der Waals surface area (Å²) in [6, 6.07) is 9.72. The third-order valence-electron chi connectivity index (χ3n) is 2.93. The number of hydrogen-bond donors (Lipinski definition) is 2. The molecule has 3 N–H and O–H groups in total. The molecule has 1 aromatic carbocycles. The molecule has 1 aromatic heterocycles. The van der Waals surface area contributed by atoms with Crippen LogP contribution in [0.2, 0.25) is 0 Å². The van der Waals surface area contributed by atoms with Crippen LogP contribution in [0.3, 0.4) is 0 Å². The van der Waals surface area contributed by atoms with Crippen LogP contribution in [0.4, 0.5) is 0 Å². The predicted octanol–water partition coefficient (Wildman–Crippen LogP) is 1.18. The van der Waals surface area contributed by atoms with E-state index in [1.807, 2.05) is 0 Å². The number of carbonyl (C=O) groups is 1. The van der Waals surface area contributed by atoms with Crippen LogP contribution in [-0.2, 0) is 27.8 Å². The van der Waals surface area contributed by atoms with E-state index in [0.717, 1.165) is 5.56 Å². The highest BCUT2D eigenvalue weighted by Gasteiger charge is 2.08. The molecule has 2 rings (SSSR count). The first-order chi connectivity index (χ1) is 9.95. The molecule has 7 heteroatoms. The highest BCUT2D eigenvalue weighted by Crippen LogP contribution is 2.10. The van der Waals surface area contributed by atoms with Gasteiger partial charge < -0.3 is 9.73 Å². The first-order valence-corrected chi connectivity index (χ1v) is 7.90. The maximum Gasteiger partial charge on any atom is 0.238 e. The van der Waals surface area contributed by atoms with Crippen molar-refractivity contribution in [1.82, 2.24) is 5.32 Å². The molecule has 0 aliphatic rings. The van der Waals surface area contributed by atoms with Gasteiger partial charge in [-0.25, -0.2) is 13.6 Å². The minimum atomic E-state index is -3.67. The summed E-state index contributed by atoms with van der Waals surface area (Å²) in [6.45, 7) is 0.357. The van der Waals surface area contributed by atoms with Crippen LogP contribution < -0.4 is 10.5 Å². The van der Waals surface area contributed by atoms with Crippen LogP contribution >= 0.6 is 0 Å². The van der Waals surface area contributed by atoms with Crippen molar-refractivity contribution in [3.63, 3.8) is 0 Å². The topological polar surface area (TPSA) is 102 Å². The molecule has 6 nitrogen and oxygen atoms in total. The lowest BCUT2D eigenvalue weighted by atomic mass is 10.1. The van der Waals surface area contributed by atoms with Gasteiger partial charge in [0.2, 0.25) is 15.9 Å². The molecular weight excluding hydrogens is 292 g/mol. The lowest BCUT2D eigenvalue weighted by Gasteiger charge is -2.04. The number of benzene rings is 1. The quantitative estimate of drug-likeness (QED) is 0.836. The third kappa shape index (κ3) is 4.73. The van der Waals surface area contributed by atoms with E-state index in [0.29, 0.717) is 25.1 Å². The lowest BCUT2D eigenvalue weighted by Crippen LogP contribution is -2.22. The monoisotopic (exact) mass is 308 g/mol. The number of amides is 1. The van der Waals surface area contributed by atoms with E-state index in [-0.39, 0.29) is 10.8 Å². The highest BCUT2D eigenvalue weighted by molar-refractivity contribution is 7.89. The lowest BCUT2D eigenvalue weighted by molar-refractivity contribution is -0.121. The summed E-state index contributed by atoms with van der Waals surface area (Å²) in [4.78, 5) is 11.7. The van der Waals surface area contributed by atoms with Crippen molar-refractivity contribution in [2.24, 2.45) is 5.14 Å². The predicted molar refractivity (Wildman–Crippen MR) is 76.7 cm³/mol. The van der Waals surface area contributed by atoms with Crippen molar-refractivity contribution in [2.75, 3.05) is 0 Å². The second kappa shape index (κ2) is 6.55. The van der Waals surface area contributed by atoms with Gasteiger partial charge in [-0.05, 0) is 36.2 Å². The van der Waals surface area contributed by atoms with E-state index in [1.165, 1.54) is 12.1 Å². The molecular formula is C14H16N2O4S. The zero-order valence-electron chi connectivity index (χ0n) is 11.3. The molecule has 2 aromatic rings. The maximum absolute atomic E-state index is 11.7. The first-order valence-electron chi connectivity index (χ1n) is 6.36. The van der Waals surface area contributed by atoms with Gasteiger partial charge in [0, 0.05) is 6.42 Å². The van der Waals surface area contributed by atoms with Crippen molar-refractivity contribution in [3.05, 3.63) is 54.0 Å². The van der Waals surface area contributed by atoms with Crippen molar-refractivity contribution in [3.8, 4) is 0 Å². The highest BCUT2D eigenvalue weighted by atomic mass is 32.2. The van der Waals surface area contributed by atoms with Gasteiger partial charge in [0.05, 0.1) is 17.7 Å². The molecule has 0 saturated carbocycles. The second-order valence-electron chi connectivity index (χ2n) is 4.55. The standard InChI is InChI=1S/C14H16N2O4S/c15-21(18,19)13-6-3-11(4-7-13)5-8-14(17)16-10-12-2-1-9-20-12/h1-4,6-7,9H,5,8,10H2,(H,16,17)(H2,15,18,19). The first kappa shape index (κ1) is 15.3. The molecule has 0 radical (unpaired) electrons. The molecule has 0 atom stereocenters. The Bertz CT molecular complexity index is 691. The molecule has 0 aliphatic carbocycles. The van der Waals surface area contributed by atoms with Crippen molar-refractivity contribution >= 4 is 15.9 Å². The smallest absolute Gasteiger partial charge is 0.238 e. The van der Waals surface area contributed by atoms with Crippen LogP contribution in [0, 0.1) is 0 Å². The van der Waals surface area contributed by atoms with E-state index >= 15 is 0 Å². The van der Waals surface area contributed by atoms with Gasteiger partial charge in [-0.3, -0.25) is 4.79 Å². The zero-order valence-corrected chi connectivity index (χ0v) is 12.1. The molecule has 0 aliphatic heterocycles. The number of carbonyl (C=O) groups excluding carboxylic acids is 1. The van der Waals surface area contributed by atoms with Crippen LogP contribution in [0.15, 0.2) is 52.0 Å². The summed E-state index contributed by atoms with van der Waals surface area (Å²) in [6.07, 6.45) is 2.39. The number of hydrogen-bond acceptors (Lipinski definition) is 4. The average Bonchev–Trinajstić information content (AvgIpc) is 2.95. The average molecular weight is 308 g/mol. The Hall–Kier alpha value is -2.12. The van der Waals surface area contributed by atoms with E-state index in [1.54, 1.807) is 30.5 Å². The van der Waals surface area contributed by atoms with E-state index < -0.39 is 10.0 Å². The maximum atomic E-state index is 11.7. The van der Waals surface area contributed by atoms with Gasteiger partial charge in [-0.1, -0.05) is 12.1 Å². The normalized spacial score (nSPS) is 11.3. The molecule has 0 fully saturated rings. The number of nitrogens with two attached hydrogens (primary N) is 1. The fourth-order valence-electron chi connectivity index (χ4n) is 1.79. The Labute approximate surface area is 123 Å². The summed E-state index contributed by atoms with van der Waals surface area (Å²) in [7, 11) is -3.67. The minimum Gasteiger partial charge on any atom is -0.467 e. The van der Waals surface area contributed by atoms with E-state index in [4.69, 9.17) is 9.56 Å². The molecule has 1 heterocycles.